The molecule has 0 saturated heterocycles. The molecular weight excluding hydrogens is 355 g/mol. The summed E-state index contributed by atoms with van der Waals surface area (Å²) < 4.78 is 0. The maximum atomic E-state index is 4.67. The third-order valence-electron chi connectivity index (χ3n) is 2.45. The van der Waals surface area contributed by atoms with Gasteiger partial charge in [-0.2, -0.15) is 0 Å². The Hall–Kier alpha value is -0.601. The van der Waals surface area contributed by atoms with Gasteiger partial charge in [0.15, 0.2) is 0 Å². The summed E-state index contributed by atoms with van der Waals surface area (Å²) in [7, 11) is 9.34. The molecule has 0 aromatic carbocycles. The zero-order valence-corrected chi connectivity index (χ0v) is 15.7. The molecule has 0 radical (unpaired) electrons. The molecule has 0 aliphatic heterocycles. The summed E-state index contributed by atoms with van der Waals surface area (Å²) in [5, 5.41) is 0. The van der Waals surface area contributed by atoms with Gasteiger partial charge in [0.2, 0.25) is 0 Å². The minimum absolute atomic E-state index is 0.757. The predicted octanol–water partition coefficient (Wildman–Crippen LogP) is 5.39. The number of pyridine rings is 2. The van der Waals surface area contributed by atoms with Crippen LogP contribution in [0.4, 0.5) is 0 Å². The SMILES string of the molecule is Cc1cc(C)nc(C)c1.Cc1cc(C)nc(C)c1.[Cl][Cu][Cl]. The second-order valence-electron chi connectivity index (χ2n) is 4.90. The van der Waals surface area contributed by atoms with E-state index in [1.54, 1.807) is 0 Å². The van der Waals surface area contributed by atoms with Crippen LogP contribution in [0.15, 0.2) is 24.3 Å². The molecule has 0 bridgehead atoms. The Labute approximate surface area is 142 Å². The van der Waals surface area contributed by atoms with Gasteiger partial charge in [-0.05, 0) is 76.9 Å². The van der Waals surface area contributed by atoms with Gasteiger partial charge in [0.1, 0.15) is 0 Å². The van der Waals surface area contributed by atoms with Gasteiger partial charge in [-0.3, -0.25) is 9.97 Å². The molecule has 0 aliphatic rings. The van der Waals surface area contributed by atoms with Gasteiger partial charge in [-0.1, -0.05) is 0 Å². The molecular formula is C16H22Cl2CuN2. The van der Waals surface area contributed by atoms with Gasteiger partial charge in [-0.15, -0.1) is 0 Å². The molecule has 0 amide bonds. The fourth-order valence-corrected chi connectivity index (χ4v) is 2.09. The third-order valence-corrected chi connectivity index (χ3v) is 2.45. The standard InChI is InChI=1S/2C8H11N.2ClH.Cu/c2*1-6-4-7(2)9-8(3)5-6;;;/h2*4-5H,1-3H3;2*1H;/q;;;;+2/p-2. The summed E-state index contributed by atoms with van der Waals surface area (Å²) >= 11 is 0.757. The topological polar surface area (TPSA) is 25.8 Å². The molecule has 0 spiro atoms. The van der Waals surface area contributed by atoms with E-state index in [1.807, 2.05) is 27.7 Å². The number of hydrogen-bond donors (Lipinski definition) is 0. The Morgan fingerprint density at radius 1 is 0.619 bits per heavy atom. The van der Waals surface area contributed by atoms with Crippen molar-refractivity contribution in [3.8, 4) is 0 Å². The van der Waals surface area contributed by atoms with Crippen molar-refractivity contribution in [3.05, 3.63) is 58.2 Å². The van der Waals surface area contributed by atoms with E-state index in [2.05, 4.69) is 68.3 Å². The number of aryl methyl sites for hydroxylation is 6. The van der Waals surface area contributed by atoms with Gasteiger partial charge in [-0.25, -0.2) is 0 Å². The first-order valence-corrected chi connectivity index (χ1v) is 9.02. The number of nitrogens with zero attached hydrogens (tertiary/aromatic N) is 2. The Morgan fingerprint density at radius 2 is 0.810 bits per heavy atom. The van der Waals surface area contributed by atoms with E-state index in [-0.39, 0.29) is 0 Å². The molecule has 0 fully saturated rings. The van der Waals surface area contributed by atoms with Crippen molar-refractivity contribution in [2.45, 2.75) is 41.5 Å². The third kappa shape index (κ3) is 10.7. The van der Waals surface area contributed by atoms with Gasteiger partial charge in [0.05, 0.1) is 0 Å². The molecule has 2 rings (SSSR count). The van der Waals surface area contributed by atoms with Crippen LogP contribution in [0.25, 0.3) is 0 Å². The van der Waals surface area contributed by atoms with E-state index in [0.29, 0.717) is 0 Å². The van der Waals surface area contributed by atoms with E-state index in [4.69, 9.17) is 0 Å². The van der Waals surface area contributed by atoms with Crippen LogP contribution in [0.3, 0.4) is 0 Å². The number of halogens is 2. The van der Waals surface area contributed by atoms with E-state index < -0.39 is 0 Å². The van der Waals surface area contributed by atoms with Crippen LogP contribution in [0, 0.1) is 41.5 Å². The van der Waals surface area contributed by atoms with Crippen LogP contribution in [0.5, 0.6) is 0 Å². The summed E-state index contributed by atoms with van der Waals surface area (Å²) in [4.78, 5) is 8.47. The number of rotatable bonds is 0. The van der Waals surface area contributed by atoms with E-state index in [0.717, 1.165) is 35.9 Å². The van der Waals surface area contributed by atoms with Crippen molar-refractivity contribution in [2.24, 2.45) is 0 Å². The van der Waals surface area contributed by atoms with Crippen molar-refractivity contribution in [1.82, 2.24) is 9.97 Å². The summed E-state index contributed by atoms with van der Waals surface area (Å²) in [5.74, 6) is 0. The van der Waals surface area contributed by atoms with Gasteiger partial charge in [0, 0.05) is 22.8 Å². The monoisotopic (exact) mass is 375 g/mol. The fourth-order valence-electron chi connectivity index (χ4n) is 2.09. The first kappa shape index (κ1) is 20.4. The average molecular weight is 377 g/mol. The Morgan fingerprint density at radius 3 is 0.952 bits per heavy atom. The molecule has 0 unspecified atom stereocenters. The van der Waals surface area contributed by atoms with Gasteiger partial charge >= 0.3 is 33.3 Å². The van der Waals surface area contributed by atoms with Gasteiger partial charge < -0.3 is 0 Å². The van der Waals surface area contributed by atoms with Crippen molar-refractivity contribution in [2.75, 3.05) is 0 Å². The average Bonchev–Trinajstić information content (AvgIpc) is 2.26. The van der Waals surface area contributed by atoms with E-state index in [9.17, 15) is 0 Å². The molecule has 0 aliphatic carbocycles. The predicted molar refractivity (Wildman–Crippen MR) is 88.6 cm³/mol. The molecule has 0 N–H and O–H groups in total. The molecule has 2 aromatic heterocycles. The first-order valence-electron chi connectivity index (χ1n) is 6.43. The van der Waals surface area contributed by atoms with Crippen LogP contribution in [-0.4, -0.2) is 9.97 Å². The summed E-state index contributed by atoms with van der Waals surface area (Å²) in [5.41, 5.74) is 7.00. The number of hydrogen-bond acceptors (Lipinski definition) is 2. The molecule has 2 aromatic rings. The van der Waals surface area contributed by atoms with Crippen LogP contribution >= 0.6 is 20.2 Å². The van der Waals surface area contributed by atoms with Crippen LogP contribution < -0.4 is 0 Å². The molecule has 2 heterocycles. The van der Waals surface area contributed by atoms with Crippen LogP contribution in [0.1, 0.15) is 33.9 Å². The quantitative estimate of drug-likeness (QED) is 0.576. The van der Waals surface area contributed by atoms with Crippen molar-refractivity contribution >= 4 is 20.2 Å². The Kier molecular flexibility index (Phi) is 10.7. The summed E-state index contributed by atoms with van der Waals surface area (Å²) in [6.07, 6.45) is 0. The first-order chi connectivity index (χ1) is 9.78. The molecule has 0 saturated carbocycles. The zero-order chi connectivity index (χ0) is 16.4. The molecule has 5 heteroatoms. The fraction of sp³-hybridized carbons (Fsp3) is 0.375. The molecule has 121 valence electrons. The second-order valence-corrected chi connectivity index (χ2v) is 6.45. The van der Waals surface area contributed by atoms with E-state index >= 15 is 0 Å². The summed E-state index contributed by atoms with van der Waals surface area (Å²) in [6, 6.07) is 8.31. The molecule has 2 nitrogen and oxygen atoms in total. The minimum atomic E-state index is 0.757. The maximum absolute atomic E-state index is 4.67. The van der Waals surface area contributed by atoms with E-state index in [1.165, 1.54) is 11.1 Å². The zero-order valence-electron chi connectivity index (χ0n) is 13.3. The van der Waals surface area contributed by atoms with Crippen LogP contribution in [-0.2, 0) is 13.1 Å². The van der Waals surface area contributed by atoms with Crippen molar-refractivity contribution < 1.29 is 13.1 Å². The van der Waals surface area contributed by atoms with Crippen LogP contribution in [0.2, 0.25) is 0 Å². The Bertz CT molecular complexity index is 410. The number of aromatic nitrogens is 2. The molecule has 21 heavy (non-hydrogen) atoms. The van der Waals surface area contributed by atoms with Crippen molar-refractivity contribution in [3.63, 3.8) is 0 Å². The molecule has 0 atom stereocenters. The second kappa shape index (κ2) is 11.0. The van der Waals surface area contributed by atoms with Gasteiger partial charge in [0.25, 0.3) is 0 Å². The Balaban J connectivity index is 0.000000322. The van der Waals surface area contributed by atoms with Crippen molar-refractivity contribution in [1.29, 1.82) is 0 Å². The normalized spacial score (nSPS) is 9.33. The summed E-state index contributed by atoms with van der Waals surface area (Å²) in [6.45, 7) is 12.2.